The first-order chi connectivity index (χ1) is 12.5. The van der Waals surface area contributed by atoms with Gasteiger partial charge >= 0.3 is 0 Å². The first-order valence-corrected chi connectivity index (χ1v) is 9.01. The Morgan fingerprint density at radius 2 is 1.77 bits per heavy atom. The maximum atomic E-state index is 14.8. The molecule has 0 N–H and O–H groups in total. The predicted molar refractivity (Wildman–Crippen MR) is 101 cm³/mol. The summed E-state index contributed by atoms with van der Waals surface area (Å²) in [6.45, 7) is 5.72. The number of hydrogen-bond acceptors (Lipinski definition) is 5. The van der Waals surface area contributed by atoms with Gasteiger partial charge in [0.05, 0.1) is 4.70 Å². The maximum Gasteiger partial charge on any atom is 0.237 e. The largest absolute Gasteiger partial charge is 0.434 e. The summed E-state index contributed by atoms with van der Waals surface area (Å²) in [7, 11) is 0. The quantitative estimate of drug-likeness (QED) is 0.473. The second kappa shape index (κ2) is 6.46. The average molecular weight is 365 g/mol. The molecular weight excluding hydrogens is 349 g/mol. The van der Waals surface area contributed by atoms with Gasteiger partial charge in [-0.05, 0) is 66.9 Å². The highest BCUT2D eigenvalue weighted by Gasteiger charge is 2.16. The summed E-state index contributed by atoms with van der Waals surface area (Å²) in [6.07, 6.45) is 3.18. The lowest BCUT2D eigenvalue weighted by molar-refractivity contribution is 0.433. The zero-order valence-corrected chi connectivity index (χ0v) is 15.4. The van der Waals surface area contributed by atoms with Crippen LogP contribution in [0.1, 0.15) is 17.0 Å². The number of aromatic nitrogens is 3. The van der Waals surface area contributed by atoms with E-state index in [0.717, 1.165) is 38.2 Å². The highest BCUT2D eigenvalue weighted by atomic mass is 32.1. The summed E-state index contributed by atoms with van der Waals surface area (Å²) in [4.78, 5) is 12.7. The van der Waals surface area contributed by atoms with Crippen molar-refractivity contribution in [1.82, 2.24) is 15.0 Å². The molecule has 0 saturated heterocycles. The third kappa shape index (κ3) is 2.82. The minimum Gasteiger partial charge on any atom is -0.434 e. The van der Waals surface area contributed by atoms with Gasteiger partial charge in [0.15, 0.2) is 11.6 Å². The van der Waals surface area contributed by atoms with E-state index in [1.54, 1.807) is 12.3 Å². The van der Waals surface area contributed by atoms with Crippen molar-refractivity contribution in [3.63, 3.8) is 0 Å². The van der Waals surface area contributed by atoms with E-state index in [-0.39, 0.29) is 5.75 Å². The molecular formula is C20H16FN3OS. The van der Waals surface area contributed by atoms with Crippen molar-refractivity contribution >= 4 is 21.4 Å². The molecule has 4 rings (SSSR count). The molecule has 0 aliphatic carbocycles. The summed E-state index contributed by atoms with van der Waals surface area (Å²) in [5.74, 6) is 0.134. The summed E-state index contributed by atoms with van der Waals surface area (Å²) < 4.78 is 21.5. The number of thiophene rings is 1. The maximum absolute atomic E-state index is 14.8. The number of pyridine rings is 1. The highest BCUT2D eigenvalue weighted by molar-refractivity contribution is 7.17. The minimum absolute atomic E-state index is 0.159. The van der Waals surface area contributed by atoms with Crippen LogP contribution >= 0.6 is 11.3 Å². The van der Waals surface area contributed by atoms with Crippen LogP contribution in [0.3, 0.4) is 0 Å². The molecule has 3 heterocycles. The first-order valence-electron chi connectivity index (χ1n) is 8.13. The Morgan fingerprint density at radius 1 is 1.00 bits per heavy atom. The van der Waals surface area contributed by atoms with Crippen LogP contribution in [0.2, 0.25) is 0 Å². The second-order valence-corrected chi connectivity index (χ2v) is 6.99. The van der Waals surface area contributed by atoms with Crippen molar-refractivity contribution < 1.29 is 9.13 Å². The fourth-order valence-corrected chi connectivity index (χ4v) is 3.85. The van der Waals surface area contributed by atoms with Crippen molar-refractivity contribution in [2.24, 2.45) is 0 Å². The number of fused-ring (bicyclic) bond motifs is 1. The number of hydrogen-bond donors (Lipinski definition) is 0. The Kier molecular flexibility index (Phi) is 4.12. The molecule has 26 heavy (non-hydrogen) atoms. The van der Waals surface area contributed by atoms with E-state index >= 15 is 0 Å². The van der Waals surface area contributed by atoms with Crippen LogP contribution in [0.5, 0.6) is 11.6 Å². The van der Waals surface area contributed by atoms with E-state index in [1.165, 1.54) is 23.7 Å². The molecule has 6 heteroatoms. The van der Waals surface area contributed by atoms with Gasteiger partial charge in [-0.25, -0.2) is 19.3 Å². The number of aryl methyl sites for hydroxylation is 3. The van der Waals surface area contributed by atoms with E-state index in [1.807, 2.05) is 38.3 Å². The van der Waals surface area contributed by atoms with E-state index in [0.29, 0.717) is 5.88 Å². The van der Waals surface area contributed by atoms with Crippen molar-refractivity contribution in [3.05, 3.63) is 64.9 Å². The summed E-state index contributed by atoms with van der Waals surface area (Å²) >= 11 is 1.52. The molecule has 0 aliphatic rings. The van der Waals surface area contributed by atoms with Crippen LogP contribution in [0.25, 0.3) is 21.2 Å². The van der Waals surface area contributed by atoms with Crippen molar-refractivity contribution in [2.75, 3.05) is 0 Å². The molecule has 3 aromatic heterocycles. The van der Waals surface area contributed by atoms with Gasteiger partial charge in [-0.15, -0.1) is 11.3 Å². The normalized spacial score (nSPS) is 11.1. The zero-order valence-electron chi connectivity index (χ0n) is 14.6. The topological polar surface area (TPSA) is 47.9 Å². The molecule has 0 bridgehead atoms. The first kappa shape index (κ1) is 16.6. The molecule has 1 aromatic carbocycles. The lowest BCUT2D eigenvalue weighted by atomic mass is 9.97. The van der Waals surface area contributed by atoms with Gasteiger partial charge in [-0.3, -0.25) is 0 Å². The third-order valence-corrected chi connectivity index (χ3v) is 5.24. The zero-order chi connectivity index (χ0) is 18.3. The van der Waals surface area contributed by atoms with E-state index in [4.69, 9.17) is 4.74 Å². The molecule has 0 amide bonds. The summed E-state index contributed by atoms with van der Waals surface area (Å²) in [6, 6.07) is 7.08. The van der Waals surface area contributed by atoms with Gasteiger partial charge in [-0.1, -0.05) is 0 Å². The Balaban J connectivity index is 1.78. The molecule has 4 nitrogen and oxygen atoms in total. The summed E-state index contributed by atoms with van der Waals surface area (Å²) in [5, 5.41) is 2.99. The van der Waals surface area contributed by atoms with E-state index in [9.17, 15) is 4.39 Å². The van der Waals surface area contributed by atoms with Gasteiger partial charge in [0.25, 0.3) is 0 Å². The molecule has 0 spiro atoms. The highest BCUT2D eigenvalue weighted by Crippen LogP contribution is 2.36. The monoisotopic (exact) mass is 365 g/mol. The molecule has 4 aromatic rings. The van der Waals surface area contributed by atoms with Crippen LogP contribution in [0, 0.1) is 26.6 Å². The number of halogens is 1. The van der Waals surface area contributed by atoms with E-state index < -0.39 is 5.82 Å². The number of ether oxygens (including phenoxy) is 1. The van der Waals surface area contributed by atoms with Crippen LogP contribution < -0.4 is 4.74 Å². The third-order valence-electron chi connectivity index (χ3n) is 4.32. The van der Waals surface area contributed by atoms with Crippen LogP contribution in [0.4, 0.5) is 4.39 Å². The second-order valence-electron chi connectivity index (χ2n) is 6.07. The van der Waals surface area contributed by atoms with Crippen molar-refractivity contribution in [2.45, 2.75) is 20.8 Å². The number of rotatable bonds is 3. The van der Waals surface area contributed by atoms with Gasteiger partial charge in [0.1, 0.15) is 6.33 Å². The van der Waals surface area contributed by atoms with Crippen molar-refractivity contribution in [1.29, 1.82) is 0 Å². The van der Waals surface area contributed by atoms with Gasteiger partial charge in [0, 0.05) is 23.1 Å². The van der Waals surface area contributed by atoms with Crippen LogP contribution in [-0.2, 0) is 0 Å². The molecule has 0 fully saturated rings. The van der Waals surface area contributed by atoms with Crippen LogP contribution in [-0.4, -0.2) is 15.0 Å². The molecule has 0 unspecified atom stereocenters. The molecule has 0 atom stereocenters. The Bertz CT molecular complexity index is 1100. The van der Waals surface area contributed by atoms with E-state index in [2.05, 4.69) is 15.0 Å². The fourth-order valence-electron chi connectivity index (χ4n) is 3.03. The Morgan fingerprint density at radius 3 is 2.54 bits per heavy atom. The fraction of sp³-hybridized carbons (Fsp3) is 0.150. The Hall–Kier alpha value is -2.86. The van der Waals surface area contributed by atoms with Crippen LogP contribution in [0.15, 0.2) is 42.2 Å². The number of benzene rings is 1. The van der Waals surface area contributed by atoms with Crippen molar-refractivity contribution in [3.8, 4) is 22.8 Å². The van der Waals surface area contributed by atoms with Gasteiger partial charge in [0.2, 0.25) is 5.88 Å². The lowest BCUT2D eigenvalue weighted by Crippen LogP contribution is -1.99. The average Bonchev–Trinajstić information content (AvgIpc) is 3.08. The molecule has 0 radical (unpaired) electrons. The molecule has 0 aliphatic heterocycles. The standard InChI is InChI=1S/C20H16FN3OS/c1-11-8-17(25-20-19-14(4-6-22-20)5-7-26-19)16(21)9-15(11)18-12(2)23-10-24-13(18)3/h4-10H,1-3H3. The number of nitrogens with zero attached hydrogens (tertiary/aromatic N) is 3. The smallest absolute Gasteiger partial charge is 0.237 e. The minimum atomic E-state index is -0.441. The summed E-state index contributed by atoms with van der Waals surface area (Å²) in [5.41, 5.74) is 4.15. The molecule has 0 saturated carbocycles. The van der Waals surface area contributed by atoms with Gasteiger partial charge < -0.3 is 4.74 Å². The lowest BCUT2D eigenvalue weighted by Gasteiger charge is -2.14. The predicted octanol–water partition coefficient (Wildman–Crippen LogP) is 5.61. The SMILES string of the molecule is Cc1cc(Oc2nccc3ccsc23)c(F)cc1-c1c(C)ncnc1C. The Labute approximate surface area is 154 Å². The van der Waals surface area contributed by atoms with Gasteiger partial charge in [-0.2, -0.15) is 0 Å². The molecule has 130 valence electrons.